The van der Waals surface area contributed by atoms with Gasteiger partial charge in [0.1, 0.15) is 0 Å². The predicted octanol–water partition coefficient (Wildman–Crippen LogP) is 2.71. The van der Waals surface area contributed by atoms with E-state index in [4.69, 9.17) is 0 Å². The second-order valence-electron chi connectivity index (χ2n) is 5.21. The van der Waals surface area contributed by atoms with Crippen LogP contribution in [0.25, 0.3) is 0 Å². The van der Waals surface area contributed by atoms with Crippen molar-refractivity contribution in [2.45, 2.75) is 45.2 Å². The van der Waals surface area contributed by atoms with E-state index < -0.39 is 0 Å². The molecule has 2 heteroatoms. The molecule has 1 aliphatic heterocycles. The minimum absolute atomic E-state index is 0.477. The van der Waals surface area contributed by atoms with Gasteiger partial charge < -0.3 is 10.6 Å². The molecule has 0 radical (unpaired) electrons. The molecule has 1 heterocycles. The summed E-state index contributed by atoms with van der Waals surface area (Å²) in [4.78, 5) is 0. The molecule has 94 valence electrons. The van der Waals surface area contributed by atoms with Crippen molar-refractivity contribution in [1.82, 2.24) is 10.6 Å². The van der Waals surface area contributed by atoms with Gasteiger partial charge in [0.2, 0.25) is 0 Å². The zero-order chi connectivity index (χ0) is 12.3. The van der Waals surface area contributed by atoms with E-state index in [-0.39, 0.29) is 0 Å². The lowest BCUT2D eigenvalue weighted by Gasteiger charge is -2.21. The summed E-state index contributed by atoms with van der Waals surface area (Å²) in [5.74, 6) is 0. The Labute approximate surface area is 105 Å². The Morgan fingerprint density at radius 3 is 2.76 bits per heavy atom. The maximum absolute atomic E-state index is 3.58. The van der Waals surface area contributed by atoms with E-state index in [0.717, 1.165) is 0 Å². The number of benzene rings is 1. The Bertz CT molecular complexity index is 367. The third-order valence-corrected chi connectivity index (χ3v) is 3.96. The molecule has 2 nitrogen and oxygen atoms in total. The molecule has 1 saturated heterocycles. The van der Waals surface area contributed by atoms with E-state index in [2.05, 4.69) is 49.7 Å². The molecular formula is C15H24N2. The Balaban J connectivity index is 2.08. The maximum Gasteiger partial charge on any atom is 0.0332 e. The molecule has 2 rings (SSSR count). The van der Waals surface area contributed by atoms with Gasteiger partial charge in [0, 0.05) is 12.1 Å². The van der Waals surface area contributed by atoms with Gasteiger partial charge in [-0.15, -0.1) is 0 Å². The van der Waals surface area contributed by atoms with Gasteiger partial charge in [-0.1, -0.05) is 18.2 Å². The zero-order valence-electron chi connectivity index (χ0n) is 11.2. The summed E-state index contributed by atoms with van der Waals surface area (Å²) in [6.45, 7) is 5.55. The Morgan fingerprint density at radius 1 is 1.35 bits per heavy atom. The number of nitrogens with one attached hydrogen (secondary N) is 2. The van der Waals surface area contributed by atoms with Crippen molar-refractivity contribution < 1.29 is 0 Å². The second kappa shape index (κ2) is 5.65. The summed E-state index contributed by atoms with van der Waals surface area (Å²) >= 11 is 0. The lowest BCUT2D eigenvalue weighted by Crippen LogP contribution is -2.28. The average Bonchev–Trinajstić information content (AvgIpc) is 2.82. The van der Waals surface area contributed by atoms with E-state index in [0.29, 0.717) is 12.1 Å². The molecule has 1 aliphatic rings. The minimum Gasteiger partial charge on any atom is -0.314 e. The molecule has 1 aromatic carbocycles. The Morgan fingerprint density at radius 2 is 2.18 bits per heavy atom. The van der Waals surface area contributed by atoms with E-state index in [1.165, 1.54) is 42.5 Å². The van der Waals surface area contributed by atoms with Gasteiger partial charge in [-0.25, -0.2) is 0 Å². The third-order valence-electron chi connectivity index (χ3n) is 3.96. The monoisotopic (exact) mass is 232 g/mol. The van der Waals surface area contributed by atoms with Crippen LogP contribution in [0.2, 0.25) is 0 Å². The average molecular weight is 232 g/mol. The molecule has 0 aromatic heterocycles. The standard InChI is InChI=1S/C15H24N2/c1-11-6-7-13(9-12(11)2)15(16-3)10-14-5-4-8-17-14/h6-7,9,14-17H,4-5,8,10H2,1-3H3. The molecular weight excluding hydrogens is 208 g/mol. The molecule has 0 aliphatic carbocycles. The first kappa shape index (κ1) is 12.6. The van der Waals surface area contributed by atoms with Crippen molar-refractivity contribution >= 4 is 0 Å². The molecule has 2 atom stereocenters. The molecule has 0 spiro atoms. The fourth-order valence-electron chi connectivity index (χ4n) is 2.64. The van der Waals surface area contributed by atoms with Crippen LogP contribution in [0.3, 0.4) is 0 Å². The van der Waals surface area contributed by atoms with Crippen molar-refractivity contribution in [3.05, 3.63) is 34.9 Å². The molecule has 2 unspecified atom stereocenters. The van der Waals surface area contributed by atoms with E-state index in [1.54, 1.807) is 0 Å². The summed E-state index contributed by atoms with van der Waals surface area (Å²) in [6.07, 6.45) is 3.84. The number of aryl methyl sites for hydroxylation is 2. The van der Waals surface area contributed by atoms with Crippen molar-refractivity contribution in [3.63, 3.8) is 0 Å². The highest BCUT2D eigenvalue weighted by Gasteiger charge is 2.19. The van der Waals surface area contributed by atoms with Gasteiger partial charge in [0.15, 0.2) is 0 Å². The lowest BCUT2D eigenvalue weighted by atomic mass is 9.96. The van der Waals surface area contributed by atoms with Crippen LogP contribution in [0.15, 0.2) is 18.2 Å². The molecule has 17 heavy (non-hydrogen) atoms. The number of hydrogen-bond acceptors (Lipinski definition) is 2. The van der Waals surface area contributed by atoms with Crippen LogP contribution >= 0.6 is 0 Å². The first-order valence-corrected chi connectivity index (χ1v) is 6.68. The minimum atomic E-state index is 0.477. The van der Waals surface area contributed by atoms with Crippen LogP contribution in [-0.2, 0) is 0 Å². The van der Waals surface area contributed by atoms with Crippen LogP contribution < -0.4 is 10.6 Å². The lowest BCUT2D eigenvalue weighted by molar-refractivity contribution is 0.453. The number of rotatable bonds is 4. The van der Waals surface area contributed by atoms with Crippen LogP contribution in [-0.4, -0.2) is 19.6 Å². The fourth-order valence-corrected chi connectivity index (χ4v) is 2.64. The molecule has 2 N–H and O–H groups in total. The van der Waals surface area contributed by atoms with Crippen LogP contribution in [0.4, 0.5) is 0 Å². The van der Waals surface area contributed by atoms with Gasteiger partial charge in [0.05, 0.1) is 0 Å². The third kappa shape index (κ3) is 3.08. The van der Waals surface area contributed by atoms with Crippen LogP contribution in [0, 0.1) is 13.8 Å². The smallest absolute Gasteiger partial charge is 0.0332 e. The highest BCUT2D eigenvalue weighted by molar-refractivity contribution is 5.31. The van der Waals surface area contributed by atoms with Gasteiger partial charge in [-0.3, -0.25) is 0 Å². The largest absolute Gasteiger partial charge is 0.314 e. The van der Waals surface area contributed by atoms with Gasteiger partial charge >= 0.3 is 0 Å². The van der Waals surface area contributed by atoms with Crippen LogP contribution in [0.1, 0.15) is 42.0 Å². The Kier molecular flexibility index (Phi) is 4.19. The molecule has 0 saturated carbocycles. The highest BCUT2D eigenvalue weighted by Crippen LogP contribution is 2.23. The van der Waals surface area contributed by atoms with Crippen molar-refractivity contribution in [3.8, 4) is 0 Å². The molecule has 0 bridgehead atoms. The van der Waals surface area contributed by atoms with E-state index >= 15 is 0 Å². The van der Waals surface area contributed by atoms with Gasteiger partial charge in [-0.05, 0) is 63.4 Å². The topological polar surface area (TPSA) is 24.1 Å². The second-order valence-corrected chi connectivity index (χ2v) is 5.21. The van der Waals surface area contributed by atoms with Crippen molar-refractivity contribution in [2.75, 3.05) is 13.6 Å². The zero-order valence-corrected chi connectivity index (χ0v) is 11.2. The Hall–Kier alpha value is -0.860. The predicted molar refractivity (Wildman–Crippen MR) is 73.4 cm³/mol. The summed E-state index contributed by atoms with van der Waals surface area (Å²) in [6, 6.07) is 7.99. The van der Waals surface area contributed by atoms with Crippen molar-refractivity contribution in [2.24, 2.45) is 0 Å². The van der Waals surface area contributed by atoms with E-state index in [1.807, 2.05) is 0 Å². The fraction of sp³-hybridized carbons (Fsp3) is 0.600. The SMILES string of the molecule is CNC(CC1CCCN1)c1ccc(C)c(C)c1. The normalized spacial score (nSPS) is 21.7. The first-order chi connectivity index (χ1) is 8.20. The summed E-state index contributed by atoms with van der Waals surface area (Å²) in [5.41, 5.74) is 4.19. The highest BCUT2D eigenvalue weighted by atomic mass is 15.0. The first-order valence-electron chi connectivity index (χ1n) is 6.68. The van der Waals surface area contributed by atoms with Gasteiger partial charge in [0.25, 0.3) is 0 Å². The quantitative estimate of drug-likeness (QED) is 0.834. The summed E-state index contributed by atoms with van der Waals surface area (Å²) in [7, 11) is 2.06. The molecule has 1 fully saturated rings. The maximum atomic E-state index is 3.58. The van der Waals surface area contributed by atoms with Gasteiger partial charge in [-0.2, -0.15) is 0 Å². The van der Waals surface area contributed by atoms with Crippen molar-refractivity contribution in [1.29, 1.82) is 0 Å². The molecule has 1 aromatic rings. The van der Waals surface area contributed by atoms with E-state index in [9.17, 15) is 0 Å². The molecule has 0 amide bonds. The summed E-state index contributed by atoms with van der Waals surface area (Å²) in [5, 5.41) is 7.03. The summed E-state index contributed by atoms with van der Waals surface area (Å²) < 4.78 is 0. The number of hydrogen-bond donors (Lipinski definition) is 2. The van der Waals surface area contributed by atoms with Crippen LogP contribution in [0.5, 0.6) is 0 Å².